The second-order valence-corrected chi connectivity index (χ2v) is 8.06. The summed E-state index contributed by atoms with van der Waals surface area (Å²) in [7, 11) is 0. The molecule has 0 aliphatic carbocycles. The molecule has 0 atom stereocenters. The van der Waals surface area contributed by atoms with Crippen molar-refractivity contribution in [1.82, 2.24) is 30.1 Å². The highest BCUT2D eigenvalue weighted by molar-refractivity contribution is 5.68. The van der Waals surface area contributed by atoms with E-state index in [4.69, 9.17) is 9.15 Å². The zero-order valence-corrected chi connectivity index (χ0v) is 16.8. The highest BCUT2D eigenvalue weighted by Gasteiger charge is 2.28. The van der Waals surface area contributed by atoms with Gasteiger partial charge in [0.05, 0.1) is 12.2 Å². The molecule has 0 N–H and O–H groups in total. The van der Waals surface area contributed by atoms with E-state index < -0.39 is 5.60 Å². The van der Waals surface area contributed by atoms with Gasteiger partial charge in [0.2, 0.25) is 5.89 Å². The molecule has 4 rings (SSSR count). The topological polar surface area (TPSA) is 99.2 Å². The minimum absolute atomic E-state index is 0.159. The maximum absolute atomic E-state index is 12.2. The molecule has 2 aromatic heterocycles. The third-order valence-corrected chi connectivity index (χ3v) is 4.67. The first kappa shape index (κ1) is 19.1. The van der Waals surface area contributed by atoms with Crippen molar-refractivity contribution in [2.24, 2.45) is 0 Å². The molecule has 1 aliphatic heterocycles. The summed E-state index contributed by atoms with van der Waals surface area (Å²) in [5.74, 6) is 0.780. The Morgan fingerprint density at radius 3 is 2.45 bits per heavy atom. The standard InChI is InChI=1S/C20H24N6O3/c1-20(2,3)29-19(27)25-11-9-15(10-12-25)26-13-16(21-24-26)18-23-22-17(28-18)14-7-5-4-6-8-14/h4-8,13,15H,9-12H2,1-3H3. The van der Waals surface area contributed by atoms with Crippen molar-refractivity contribution in [2.75, 3.05) is 13.1 Å². The second-order valence-electron chi connectivity index (χ2n) is 8.06. The fourth-order valence-electron chi connectivity index (χ4n) is 3.22. The quantitative estimate of drug-likeness (QED) is 0.667. The van der Waals surface area contributed by atoms with E-state index in [1.807, 2.05) is 62.0 Å². The number of nitrogens with zero attached hydrogens (tertiary/aromatic N) is 6. The maximum Gasteiger partial charge on any atom is 0.410 e. The molecule has 29 heavy (non-hydrogen) atoms. The fraction of sp³-hybridized carbons (Fsp3) is 0.450. The highest BCUT2D eigenvalue weighted by Crippen LogP contribution is 2.26. The smallest absolute Gasteiger partial charge is 0.410 e. The molecule has 9 heteroatoms. The minimum Gasteiger partial charge on any atom is -0.444 e. The Hall–Kier alpha value is -3.23. The van der Waals surface area contributed by atoms with Crippen molar-refractivity contribution >= 4 is 6.09 Å². The molecule has 1 amide bonds. The van der Waals surface area contributed by atoms with Crippen LogP contribution in [0.4, 0.5) is 4.79 Å². The van der Waals surface area contributed by atoms with Crippen LogP contribution < -0.4 is 0 Å². The Morgan fingerprint density at radius 1 is 1.07 bits per heavy atom. The Morgan fingerprint density at radius 2 is 1.76 bits per heavy atom. The number of amides is 1. The molecule has 9 nitrogen and oxygen atoms in total. The van der Waals surface area contributed by atoms with Crippen molar-refractivity contribution in [1.29, 1.82) is 0 Å². The first-order chi connectivity index (χ1) is 13.9. The number of carbonyl (C=O) groups is 1. The number of aromatic nitrogens is 5. The van der Waals surface area contributed by atoms with Crippen LogP contribution in [0.15, 0.2) is 40.9 Å². The van der Waals surface area contributed by atoms with E-state index in [1.54, 1.807) is 4.90 Å². The molecule has 1 saturated heterocycles. The summed E-state index contributed by atoms with van der Waals surface area (Å²) in [6, 6.07) is 9.74. The predicted octanol–water partition coefficient (Wildman–Crippen LogP) is 3.57. The van der Waals surface area contributed by atoms with Crippen LogP contribution >= 0.6 is 0 Å². The summed E-state index contributed by atoms with van der Waals surface area (Å²) < 4.78 is 13.0. The van der Waals surface area contributed by atoms with Crippen molar-refractivity contribution in [3.8, 4) is 23.0 Å². The van der Waals surface area contributed by atoms with Crippen LogP contribution in [0.5, 0.6) is 0 Å². The Labute approximate surface area is 168 Å². The fourth-order valence-corrected chi connectivity index (χ4v) is 3.22. The van der Waals surface area contributed by atoms with Gasteiger partial charge >= 0.3 is 6.09 Å². The van der Waals surface area contributed by atoms with Crippen LogP contribution in [0, 0.1) is 0 Å². The minimum atomic E-state index is -0.489. The van der Waals surface area contributed by atoms with Gasteiger partial charge in [0.25, 0.3) is 5.89 Å². The van der Waals surface area contributed by atoms with Crippen LogP contribution in [0.25, 0.3) is 23.0 Å². The predicted molar refractivity (Wildman–Crippen MR) is 105 cm³/mol. The van der Waals surface area contributed by atoms with Crippen LogP contribution in [-0.2, 0) is 4.74 Å². The van der Waals surface area contributed by atoms with E-state index in [0.29, 0.717) is 30.6 Å². The lowest BCUT2D eigenvalue weighted by Crippen LogP contribution is -2.42. The Balaban J connectivity index is 1.39. The molecule has 1 aliphatic rings. The molecule has 3 aromatic rings. The lowest BCUT2D eigenvalue weighted by Gasteiger charge is -2.33. The molecule has 0 saturated carbocycles. The van der Waals surface area contributed by atoms with Crippen molar-refractivity contribution in [2.45, 2.75) is 45.3 Å². The van der Waals surface area contributed by atoms with Gasteiger partial charge < -0.3 is 14.1 Å². The lowest BCUT2D eigenvalue weighted by atomic mass is 10.1. The van der Waals surface area contributed by atoms with Gasteiger partial charge in [-0.3, -0.25) is 0 Å². The first-order valence-electron chi connectivity index (χ1n) is 9.68. The normalized spacial score (nSPS) is 15.5. The van der Waals surface area contributed by atoms with Gasteiger partial charge in [0.1, 0.15) is 5.60 Å². The maximum atomic E-state index is 12.2. The number of rotatable bonds is 3. The summed E-state index contributed by atoms with van der Waals surface area (Å²) in [6.45, 7) is 6.85. The van der Waals surface area contributed by atoms with Gasteiger partial charge in [-0.1, -0.05) is 23.4 Å². The number of hydrogen-bond donors (Lipinski definition) is 0. The summed E-state index contributed by atoms with van der Waals surface area (Å²) in [4.78, 5) is 13.9. The summed E-state index contributed by atoms with van der Waals surface area (Å²) in [5, 5.41) is 16.6. The Kier molecular flexibility index (Phi) is 5.04. The average molecular weight is 396 g/mol. The van der Waals surface area contributed by atoms with Gasteiger partial charge in [0, 0.05) is 18.7 Å². The third-order valence-electron chi connectivity index (χ3n) is 4.67. The van der Waals surface area contributed by atoms with E-state index in [0.717, 1.165) is 18.4 Å². The van der Waals surface area contributed by atoms with Crippen molar-refractivity contribution in [3.05, 3.63) is 36.5 Å². The average Bonchev–Trinajstić information content (AvgIpc) is 3.37. The number of benzene rings is 1. The molecule has 0 bridgehead atoms. The zero-order chi connectivity index (χ0) is 20.4. The van der Waals surface area contributed by atoms with Crippen LogP contribution in [0.3, 0.4) is 0 Å². The van der Waals surface area contributed by atoms with Crippen LogP contribution in [0.2, 0.25) is 0 Å². The molecular formula is C20H24N6O3. The molecule has 152 valence electrons. The first-order valence-corrected chi connectivity index (χ1v) is 9.68. The van der Waals surface area contributed by atoms with Gasteiger partial charge in [-0.05, 0) is 45.7 Å². The van der Waals surface area contributed by atoms with Crippen LogP contribution in [0.1, 0.15) is 39.7 Å². The molecule has 0 unspecified atom stereocenters. The summed E-state index contributed by atoms with van der Waals surface area (Å²) in [5.41, 5.74) is 0.902. The second kappa shape index (κ2) is 7.65. The Bertz CT molecular complexity index is 968. The molecule has 3 heterocycles. The monoisotopic (exact) mass is 396 g/mol. The zero-order valence-electron chi connectivity index (χ0n) is 16.8. The summed E-state index contributed by atoms with van der Waals surface area (Å²) in [6.07, 6.45) is 3.10. The third kappa shape index (κ3) is 4.44. The molecule has 0 radical (unpaired) electrons. The van der Waals surface area contributed by atoms with Gasteiger partial charge in [-0.2, -0.15) is 0 Å². The highest BCUT2D eigenvalue weighted by atomic mass is 16.6. The molecular weight excluding hydrogens is 372 g/mol. The number of likely N-dealkylation sites (tertiary alicyclic amines) is 1. The number of carbonyl (C=O) groups excluding carboxylic acids is 1. The van der Waals surface area contributed by atoms with E-state index in [9.17, 15) is 4.79 Å². The molecule has 1 aromatic carbocycles. The summed E-state index contributed by atoms with van der Waals surface area (Å²) >= 11 is 0. The number of ether oxygens (including phenoxy) is 1. The SMILES string of the molecule is CC(C)(C)OC(=O)N1CCC(n2cc(-c3nnc(-c4ccccc4)o3)nn2)CC1. The lowest BCUT2D eigenvalue weighted by molar-refractivity contribution is 0.0184. The number of hydrogen-bond acceptors (Lipinski definition) is 7. The van der Waals surface area contributed by atoms with Crippen molar-refractivity contribution in [3.63, 3.8) is 0 Å². The van der Waals surface area contributed by atoms with E-state index in [-0.39, 0.29) is 12.1 Å². The molecule has 0 spiro atoms. The van der Waals surface area contributed by atoms with Gasteiger partial charge in [0.15, 0.2) is 5.69 Å². The van der Waals surface area contributed by atoms with Crippen LogP contribution in [-0.4, -0.2) is 54.9 Å². The molecule has 1 fully saturated rings. The van der Waals surface area contributed by atoms with Gasteiger partial charge in [-0.25, -0.2) is 9.48 Å². The number of piperidine rings is 1. The van der Waals surface area contributed by atoms with E-state index in [2.05, 4.69) is 20.5 Å². The van der Waals surface area contributed by atoms with E-state index >= 15 is 0 Å². The van der Waals surface area contributed by atoms with E-state index in [1.165, 1.54) is 0 Å². The van der Waals surface area contributed by atoms with Crippen molar-refractivity contribution < 1.29 is 13.9 Å². The van der Waals surface area contributed by atoms with Gasteiger partial charge in [-0.15, -0.1) is 15.3 Å². The largest absolute Gasteiger partial charge is 0.444 e.